The van der Waals surface area contributed by atoms with Crippen LogP contribution in [0, 0.1) is 0 Å². The normalized spacial score (nSPS) is 9.92. The molecule has 0 spiro atoms. The van der Waals surface area contributed by atoms with Crippen LogP contribution in [-0.4, -0.2) is 16.1 Å². The second-order valence-corrected chi connectivity index (χ2v) is 2.60. The lowest BCUT2D eigenvalue weighted by molar-refractivity contribution is 0.0695. The summed E-state index contributed by atoms with van der Waals surface area (Å²) in [5.74, 6) is -1.27. The molecular weight excluding hydrogens is 172 g/mol. The van der Waals surface area contributed by atoms with Crippen LogP contribution in [0.25, 0.3) is 0 Å². The average Bonchev–Trinajstić information content (AvgIpc) is 2.07. The number of aryl methyl sites for hydroxylation is 1. The fraction of sp³-hybridized carbons (Fsp3) is 0.250. The monoisotopic (exact) mass is 182 g/mol. The highest BCUT2D eigenvalue weighted by Crippen LogP contribution is 2.08. The Morgan fingerprint density at radius 2 is 2.31 bits per heavy atom. The number of hydrogen-bond acceptors (Lipinski definition) is 3. The van der Waals surface area contributed by atoms with Crippen LogP contribution in [0.15, 0.2) is 10.9 Å². The minimum Gasteiger partial charge on any atom is -0.477 e. The van der Waals surface area contributed by atoms with E-state index in [1.807, 2.05) is 6.92 Å². The van der Waals surface area contributed by atoms with Gasteiger partial charge in [-0.1, -0.05) is 6.92 Å². The summed E-state index contributed by atoms with van der Waals surface area (Å²) in [6.07, 6.45) is 0.570. The Bertz CT molecular complexity index is 395. The third kappa shape index (κ3) is 1.69. The topological polar surface area (TPSA) is 96.2 Å². The van der Waals surface area contributed by atoms with Crippen LogP contribution in [-0.2, 0) is 6.42 Å². The molecule has 1 heterocycles. The number of H-pyrrole nitrogens is 1. The van der Waals surface area contributed by atoms with Gasteiger partial charge in [0.2, 0.25) is 0 Å². The minimum atomic E-state index is -1.27. The van der Waals surface area contributed by atoms with Crippen molar-refractivity contribution in [1.82, 2.24) is 4.98 Å². The maximum absolute atomic E-state index is 11.1. The number of nitrogens with one attached hydrogen (secondary N) is 1. The quantitative estimate of drug-likeness (QED) is 0.609. The molecule has 0 aliphatic carbocycles. The number of anilines is 1. The van der Waals surface area contributed by atoms with E-state index >= 15 is 0 Å². The summed E-state index contributed by atoms with van der Waals surface area (Å²) < 4.78 is 0. The summed E-state index contributed by atoms with van der Waals surface area (Å²) in [4.78, 5) is 24.0. The Labute approximate surface area is 74.2 Å². The highest BCUT2D eigenvalue weighted by atomic mass is 16.4. The van der Waals surface area contributed by atoms with E-state index in [1.54, 1.807) is 0 Å². The fourth-order valence-electron chi connectivity index (χ4n) is 1.04. The van der Waals surface area contributed by atoms with Gasteiger partial charge in [-0.2, -0.15) is 0 Å². The molecule has 0 bridgehead atoms. The predicted octanol–water partition coefficient (Wildman–Crippen LogP) is 0.218. The van der Waals surface area contributed by atoms with E-state index in [-0.39, 0.29) is 5.56 Å². The van der Waals surface area contributed by atoms with Crippen molar-refractivity contribution in [2.75, 3.05) is 5.73 Å². The number of carboxylic acid groups (broad SMARTS) is 1. The molecule has 0 radical (unpaired) electrons. The minimum absolute atomic E-state index is 0.305. The molecule has 0 unspecified atom stereocenters. The first-order valence-corrected chi connectivity index (χ1v) is 3.81. The van der Waals surface area contributed by atoms with E-state index in [0.29, 0.717) is 17.8 Å². The largest absolute Gasteiger partial charge is 0.477 e. The summed E-state index contributed by atoms with van der Waals surface area (Å²) in [5, 5.41) is 8.58. The molecule has 1 aromatic heterocycles. The van der Waals surface area contributed by atoms with E-state index in [4.69, 9.17) is 10.8 Å². The van der Waals surface area contributed by atoms with Crippen molar-refractivity contribution in [1.29, 1.82) is 0 Å². The van der Waals surface area contributed by atoms with Gasteiger partial charge in [-0.25, -0.2) is 4.79 Å². The summed E-state index contributed by atoms with van der Waals surface area (Å²) in [7, 11) is 0. The van der Waals surface area contributed by atoms with Gasteiger partial charge in [0.1, 0.15) is 5.56 Å². The predicted molar refractivity (Wildman–Crippen MR) is 47.8 cm³/mol. The van der Waals surface area contributed by atoms with Gasteiger partial charge in [0.25, 0.3) is 5.56 Å². The molecule has 0 aliphatic rings. The number of aromatic amines is 1. The van der Waals surface area contributed by atoms with Gasteiger partial charge >= 0.3 is 5.97 Å². The first-order valence-electron chi connectivity index (χ1n) is 3.81. The Morgan fingerprint density at radius 1 is 1.69 bits per heavy atom. The molecule has 0 aromatic carbocycles. The van der Waals surface area contributed by atoms with Crippen LogP contribution in [0.4, 0.5) is 5.69 Å². The number of nitrogens with two attached hydrogens (primary N) is 1. The lowest BCUT2D eigenvalue weighted by Crippen LogP contribution is -2.20. The fourth-order valence-corrected chi connectivity index (χ4v) is 1.04. The van der Waals surface area contributed by atoms with E-state index in [0.717, 1.165) is 0 Å². The second kappa shape index (κ2) is 3.30. The summed E-state index contributed by atoms with van der Waals surface area (Å²) in [5.41, 5.74) is 5.44. The third-order valence-corrected chi connectivity index (χ3v) is 1.74. The zero-order chi connectivity index (χ0) is 10.0. The number of aromatic carboxylic acids is 1. The lowest BCUT2D eigenvalue weighted by Gasteiger charge is -2.02. The van der Waals surface area contributed by atoms with Crippen LogP contribution >= 0.6 is 0 Å². The van der Waals surface area contributed by atoms with Crippen molar-refractivity contribution in [2.24, 2.45) is 0 Å². The molecule has 5 heteroatoms. The Balaban J connectivity index is 3.37. The number of hydrogen-bond donors (Lipinski definition) is 3. The van der Waals surface area contributed by atoms with Gasteiger partial charge in [0, 0.05) is 5.69 Å². The highest BCUT2D eigenvalue weighted by Gasteiger charge is 2.10. The van der Waals surface area contributed by atoms with E-state index in [9.17, 15) is 9.59 Å². The molecular formula is C8H10N2O3. The zero-order valence-electron chi connectivity index (χ0n) is 7.13. The maximum Gasteiger partial charge on any atom is 0.341 e. The Hall–Kier alpha value is -1.78. The van der Waals surface area contributed by atoms with Gasteiger partial charge in [-0.15, -0.1) is 0 Å². The first kappa shape index (κ1) is 9.31. The summed E-state index contributed by atoms with van der Waals surface area (Å²) in [6, 6.07) is 1.18. The van der Waals surface area contributed by atoms with Crippen molar-refractivity contribution >= 4 is 11.7 Å². The van der Waals surface area contributed by atoms with Crippen LogP contribution in [0.2, 0.25) is 0 Å². The SMILES string of the molecule is CCc1[nH]c(=O)c(C(=O)O)cc1N. The van der Waals surface area contributed by atoms with Gasteiger partial charge in [0.15, 0.2) is 0 Å². The van der Waals surface area contributed by atoms with Crippen molar-refractivity contribution in [3.8, 4) is 0 Å². The van der Waals surface area contributed by atoms with E-state index < -0.39 is 11.5 Å². The van der Waals surface area contributed by atoms with Gasteiger partial charge in [-0.3, -0.25) is 4.79 Å². The molecule has 4 N–H and O–H groups in total. The molecule has 0 amide bonds. The Kier molecular flexibility index (Phi) is 2.36. The molecule has 70 valence electrons. The maximum atomic E-state index is 11.1. The van der Waals surface area contributed by atoms with Crippen molar-refractivity contribution in [2.45, 2.75) is 13.3 Å². The molecule has 13 heavy (non-hydrogen) atoms. The van der Waals surface area contributed by atoms with Gasteiger partial charge in [0.05, 0.1) is 5.69 Å². The van der Waals surface area contributed by atoms with Crippen molar-refractivity contribution in [3.63, 3.8) is 0 Å². The summed E-state index contributed by atoms with van der Waals surface area (Å²) >= 11 is 0. The Morgan fingerprint density at radius 3 is 2.77 bits per heavy atom. The van der Waals surface area contributed by atoms with Crippen LogP contribution < -0.4 is 11.3 Å². The number of rotatable bonds is 2. The molecule has 0 fully saturated rings. The second-order valence-electron chi connectivity index (χ2n) is 2.60. The first-order chi connectivity index (χ1) is 6.06. The smallest absolute Gasteiger partial charge is 0.341 e. The zero-order valence-corrected chi connectivity index (χ0v) is 7.13. The molecule has 0 atom stereocenters. The van der Waals surface area contributed by atoms with Crippen molar-refractivity contribution < 1.29 is 9.90 Å². The van der Waals surface area contributed by atoms with Gasteiger partial charge in [-0.05, 0) is 12.5 Å². The van der Waals surface area contributed by atoms with E-state index in [1.165, 1.54) is 6.07 Å². The highest BCUT2D eigenvalue weighted by molar-refractivity contribution is 5.88. The number of aromatic nitrogens is 1. The number of nitrogen functional groups attached to an aromatic ring is 1. The lowest BCUT2D eigenvalue weighted by atomic mass is 10.2. The van der Waals surface area contributed by atoms with Crippen LogP contribution in [0.3, 0.4) is 0 Å². The standard InChI is InChI=1S/C8H10N2O3/c1-2-6-5(9)3-4(8(12)13)7(11)10-6/h3H,2,9H2,1H3,(H,10,11)(H,12,13). The summed E-state index contributed by atoms with van der Waals surface area (Å²) in [6.45, 7) is 1.82. The molecule has 1 rings (SSSR count). The van der Waals surface area contributed by atoms with Crippen LogP contribution in [0.1, 0.15) is 23.0 Å². The number of pyridine rings is 1. The molecule has 1 aromatic rings. The number of carboxylic acids is 1. The molecule has 5 nitrogen and oxygen atoms in total. The van der Waals surface area contributed by atoms with Gasteiger partial charge < -0.3 is 15.8 Å². The molecule has 0 saturated heterocycles. The molecule has 0 saturated carbocycles. The number of carbonyl (C=O) groups is 1. The van der Waals surface area contributed by atoms with Crippen LogP contribution in [0.5, 0.6) is 0 Å². The van der Waals surface area contributed by atoms with Crippen molar-refractivity contribution in [3.05, 3.63) is 27.7 Å². The van der Waals surface area contributed by atoms with E-state index in [2.05, 4.69) is 4.98 Å². The third-order valence-electron chi connectivity index (χ3n) is 1.74. The molecule has 0 aliphatic heterocycles. The average molecular weight is 182 g/mol.